The third kappa shape index (κ3) is 2.75. The predicted octanol–water partition coefficient (Wildman–Crippen LogP) is 4.27. The molecule has 3 aliphatic heterocycles. The van der Waals surface area contributed by atoms with Crippen LogP contribution in [0.5, 0.6) is 0 Å². The largest absolute Gasteiger partial charge is 0.457 e. The summed E-state index contributed by atoms with van der Waals surface area (Å²) >= 11 is 0. The number of carbonyl (C=O) groups is 1. The summed E-state index contributed by atoms with van der Waals surface area (Å²) < 4.78 is 19.0. The van der Waals surface area contributed by atoms with E-state index in [1.54, 1.807) is 0 Å². The van der Waals surface area contributed by atoms with Crippen molar-refractivity contribution in [2.75, 3.05) is 0 Å². The van der Waals surface area contributed by atoms with Gasteiger partial charge in [-0.1, -0.05) is 25.5 Å². The second kappa shape index (κ2) is 6.07. The first-order chi connectivity index (χ1) is 12.2. The van der Waals surface area contributed by atoms with Crippen LogP contribution in [-0.4, -0.2) is 35.5 Å². The molecule has 4 nitrogen and oxygen atoms in total. The van der Waals surface area contributed by atoms with Gasteiger partial charge in [0.15, 0.2) is 0 Å². The van der Waals surface area contributed by atoms with Crippen molar-refractivity contribution in [1.29, 1.82) is 0 Å². The summed E-state index contributed by atoms with van der Waals surface area (Å²) in [5.74, 6) is 1.69. The zero-order valence-corrected chi connectivity index (χ0v) is 17.1. The summed E-state index contributed by atoms with van der Waals surface area (Å²) in [6, 6.07) is 0. The lowest BCUT2D eigenvalue weighted by molar-refractivity contribution is -0.178. The number of fused-ring (bicyclic) bond motifs is 7. The predicted molar refractivity (Wildman–Crippen MR) is 99.6 cm³/mol. The smallest absolute Gasteiger partial charge is 0.303 e. The number of rotatable bonds is 2. The van der Waals surface area contributed by atoms with E-state index < -0.39 is 5.60 Å². The summed E-state index contributed by atoms with van der Waals surface area (Å²) in [5.41, 5.74) is 0.746. The monoisotopic (exact) mass is 362 g/mol. The van der Waals surface area contributed by atoms with Crippen LogP contribution < -0.4 is 0 Å². The minimum absolute atomic E-state index is 0.0462. The number of carbonyl (C=O) groups excluding carboxylic acids is 1. The Morgan fingerprint density at radius 2 is 2.08 bits per heavy atom. The van der Waals surface area contributed by atoms with E-state index >= 15 is 0 Å². The van der Waals surface area contributed by atoms with Gasteiger partial charge in [-0.25, -0.2) is 0 Å². The van der Waals surface area contributed by atoms with Crippen LogP contribution >= 0.6 is 0 Å². The second-order valence-electron chi connectivity index (χ2n) is 9.83. The van der Waals surface area contributed by atoms with Crippen molar-refractivity contribution in [3.05, 3.63) is 11.6 Å². The maximum atomic E-state index is 11.9. The lowest BCUT2D eigenvalue weighted by Gasteiger charge is -2.44. The first-order valence-electron chi connectivity index (χ1n) is 10.3. The highest BCUT2D eigenvalue weighted by molar-refractivity contribution is 5.66. The van der Waals surface area contributed by atoms with Crippen LogP contribution in [0.25, 0.3) is 0 Å². The fourth-order valence-electron chi connectivity index (χ4n) is 6.32. The lowest BCUT2D eigenvalue weighted by atomic mass is 9.59. The summed E-state index contributed by atoms with van der Waals surface area (Å²) in [7, 11) is 0. The van der Waals surface area contributed by atoms with Gasteiger partial charge in [0, 0.05) is 18.8 Å². The molecule has 2 saturated heterocycles. The first-order valence-corrected chi connectivity index (χ1v) is 10.3. The minimum atomic E-state index is -0.574. The van der Waals surface area contributed by atoms with E-state index in [-0.39, 0.29) is 23.8 Å². The van der Waals surface area contributed by atoms with Gasteiger partial charge in [0.25, 0.3) is 0 Å². The average molecular weight is 363 g/mol. The number of hydrogen-bond donors (Lipinski definition) is 0. The van der Waals surface area contributed by atoms with Crippen LogP contribution in [0.1, 0.15) is 67.2 Å². The van der Waals surface area contributed by atoms with E-state index in [1.165, 1.54) is 12.5 Å². The molecule has 0 aromatic rings. The summed E-state index contributed by atoms with van der Waals surface area (Å²) in [4.78, 5) is 11.9. The van der Waals surface area contributed by atoms with Crippen molar-refractivity contribution in [3.8, 4) is 0 Å². The second-order valence-corrected chi connectivity index (χ2v) is 9.83. The number of hydrogen-bond acceptors (Lipinski definition) is 4. The fraction of sp³-hybridized carbons (Fsp3) is 0.864. The van der Waals surface area contributed by atoms with Crippen LogP contribution in [0.3, 0.4) is 0 Å². The Labute approximate surface area is 157 Å². The van der Waals surface area contributed by atoms with Crippen molar-refractivity contribution in [3.63, 3.8) is 0 Å². The molecule has 1 saturated carbocycles. The zero-order valence-electron chi connectivity index (χ0n) is 17.1. The summed E-state index contributed by atoms with van der Waals surface area (Å²) in [5, 5.41) is 0. The summed E-state index contributed by atoms with van der Waals surface area (Å²) in [6.07, 6.45) is 6.60. The van der Waals surface area contributed by atoms with Gasteiger partial charge in [-0.3, -0.25) is 4.79 Å². The molecule has 0 amide bonds. The Kier molecular flexibility index (Phi) is 4.31. The van der Waals surface area contributed by atoms with Crippen LogP contribution in [-0.2, 0) is 19.0 Å². The molecule has 0 radical (unpaired) electrons. The third-order valence-corrected chi connectivity index (χ3v) is 7.60. The molecular formula is C22H34O4. The Bertz CT molecular complexity index is 626. The standard InChI is InChI=1S/C22H34O4/c1-12(2)15-11-17-22(6,26-17)19-16-10-13(3)8-7-9-21(5,25-14(4)23)20(24-16)18(15)19/h8,12,15-20H,7,9-11H2,1-6H3/b13-8-/t15-,16+,17+,18-,19+,20-,21-,22+/m1/s1. The van der Waals surface area contributed by atoms with Crippen LogP contribution in [0.2, 0.25) is 0 Å². The minimum Gasteiger partial charge on any atom is -0.457 e. The van der Waals surface area contributed by atoms with Crippen LogP contribution in [0, 0.1) is 23.7 Å². The van der Waals surface area contributed by atoms with E-state index in [1.807, 2.05) is 0 Å². The Morgan fingerprint density at radius 3 is 2.73 bits per heavy atom. The Morgan fingerprint density at radius 1 is 1.35 bits per heavy atom. The number of epoxide rings is 1. The van der Waals surface area contributed by atoms with Gasteiger partial charge in [0.1, 0.15) is 11.7 Å². The molecule has 26 heavy (non-hydrogen) atoms. The quantitative estimate of drug-likeness (QED) is 0.418. The van der Waals surface area contributed by atoms with Crippen molar-refractivity contribution < 1.29 is 19.0 Å². The molecule has 0 N–H and O–H groups in total. The van der Waals surface area contributed by atoms with E-state index in [0.29, 0.717) is 29.8 Å². The van der Waals surface area contributed by atoms with Crippen LogP contribution in [0.15, 0.2) is 11.6 Å². The van der Waals surface area contributed by atoms with Crippen molar-refractivity contribution in [2.45, 2.75) is 96.7 Å². The summed E-state index contributed by atoms with van der Waals surface area (Å²) in [6.45, 7) is 12.7. The molecule has 0 aromatic heterocycles. The van der Waals surface area contributed by atoms with Crippen LogP contribution in [0.4, 0.5) is 0 Å². The molecule has 4 heteroatoms. The first kappa shape index (κ1) is 18.5. The number of ether oxygens (including phenoxy) is 3. The highest BCUT2D eigenvalue weighted by Gasteiger charge is 2.72. The van der Waals surface area contributed by atoms with E-state index in [4.69, 9.17) is 14.2 Å². The molecule has 4 rings (SSSR count). The van der Waals surface area contributed by atoms with E-state index in [9.17, 15) is 4.79 Å². The molecule has 146 valence electrons. The van der Waals surface area contributed by atoms with Gasteiger partial charge < -0.3 is 14.2 Å². The van der Waals surface area contributed by atoms with Gasteiger partial charge >= 0.3 is 5.97 Å². The topological polar surface area (TPSA) is 48.1 Å². The van der Waals surface area contributed by atoms with Crippen molar-refractivity contribution in [1.82, 2.24) is 0 Å². The highest BCUT2D eigenvalue weighted by atomic mass is 16.6. The SMILES string of the molecule is CC(=O)O[C@]1(C)CC/C=C(/C)C[C@@H]2O[C@@H]1[C@H]1[C@H]2[C@@]2(C)O[C@H]2C[C@@H]1C(C)C. The Balaban J connectivity index is 1.78. The molecule has 1 aliphatic carbocycles. The van der Waals surface area contributed by atoms with E-state index in [2.05, 4.69) is 40.7 Å². The van der Waals surface area contributed by atoms with Gasteiger partial charge in [-0.2, -0.15) is 0 Å². The van der Waals surface area contributed by atoms with Crippen molar-refractivity contribution >= 4 is 5.97 Å². The molecular weight excluding hydrogens is 328 g/mol. The molecule has 3 fully saturated rings. The Hall–Kier alpha value is -0.870. The fourth-order valence-corrected chi connectivity index (χ4v) is 6.32. The molecule has 2 bridgehead atoms. The lowest BCUT2D eigenvalue weighted by Crippen LogP contribution is -2.52. The van der Waals surface area contributed by atoms with Gasteiger partial charge in [0.05, 0.1) is 17.8 Å². The molecule has 0 spiro atoms. The molecule has 0 aromatic carbocycles. The third-order valence-electron chi connectivity index (χ3n) is 7.60. The van der Waals surface area contributed by atoms with Crippen molar-refractivity contribution in [2.24, 2.45) is 23.7 Å². The highest BCUT2D eigenvalue weighted by Crippen LogP contribution is 2.64. The number of allylic oxidation sites excluding steroid dienone is 1. The maximum absolute atomic E-state index is 11.9. The number of esters is 1. The molecule has 0 unspecified atom stereocenters. The zero-order chi connectivity index (χ0) is 18.9. The maximum Gasteiger partial charge on any atom is 0.303 e. The normalized spacial score (nSPS) is 52.0. The molecule has 4 aliphatic rings. The molecule has 8 atom stereocenters. The van der Waals surface area contributed by atoms with Gasteiger partial charge in [0.2, 0.25) is 0 Å². The van der Waals surface area contributed by atoms with Gasteiger partial charge in [-0.15, -0.1) is 0 Å². The van der Waals surface area contributed by atoms with E-state index in [0.717, 1.165) is 25.7 Å². The van der Waals surface area contributed by atoms with Gasteiger partial charge in [-0.05, 0) is 58.3 Å². The average Bonchev–Trinajstić information content (AvgIpc) is 3.02. The molecule has 3 heterocycles.